The molecule has 1 saturated heterocycles. The monoisotopic (exact) mass is 270 g/mol. The molecule has 1 fully saturated rings. The summed E-state index contributed by atoms with van der Waals surface area (Å²) in [6, 6.07) is 0. The molecule has 0 aromatic carbocycles. The fourth-order valence-corrected chi connectivity index (χ4v) is 2.49. The molecule has 0 saturated carbocycles. The summed E-state index contributed by atoms with van der Waals surface area (Å²) in [5.41, 5.74) is 5.49. The fraction of sp³-hybridized carbons (Fsp3) is 0.929. The quantitative estimate of drug-likeness (QED) is 0.242. The maximum Gasteiger partial charge on any atom is 0.144 e. The molecule has 0 atom stereocenters. The van der Waals surface area contributed by atoms with Crippen molar-refractivity contribution in [3.05, 3.63) is 0 Å². The summed E-state index contributed by atoms with van der Waals surface area (Å²) in [4.78, 5) is 5.04. The Hall–Kier alpha value is -0.810. The molecule has 1 aliphatic heterocycles. The van der Waals surface area contributed by atoms with Crippen LogP contribution in [0.1, 0.15) is 40.0 Å². The van der Waals surface area contributed by atoms with E-state index in [-0.39, 0.29) is 5.41 Å². The number of hydrogen-bond donors (Lipinski definition) is 2. The summed E-state index contributed by atoms with van der Waals surface area (Å²) in [5, 5.41) is 11.9. The number of likely N-dealkylation sites (N-methyl/N-ethyl adjacent to an activating group) is 1. The van der Waals surface area contributed by atoms with Crippen LogP contribution in [-0.4, -0.2) is 60.1 Å². The van der Waals surface area contributed by atoms with Gasteiger partial charge in [0.1, 0.15) is 5.84 Å². The zero-order valence-corrected chi connectivity index (χ0v) is 12.7. The van der Waals surface area contributed by atoms with Crippen molar-refractivity contribution in [2.75, 3.05) is 39.3 Å². The van der Waals surface area contributed by atoms with Gasteiger partial charge in [-0.2, -0.15) is 0 Å². The second-order valence-corrected chi connectivity index (χ2v) is 6.10. The van der Waals surface area contributed by atoms with Crippen molar-refractivity contribution in [1.29, 1.82) is 0 Å². The van der Waals surface area contributed by atoms with E-state index in [1.54, 1.807) is 0 Å². The SMILES string of the molecule is CCN1CCN(CCCCC(C)(C)C(N)=NO)CC1. The topological polar surface area (TPSA) is 65.1 Å². The van der Waals surface area contributed by atoms with E-state index in [4.69, 9.17) is 10.9 Å². The van der Waals surface area contributed by atoms with Gasteiger partial charge in [-0.1, -0.05) is 32.3 Å². The maximum absolute atomic E-state index is 8.73. The van der Waals surface area contributed by atoms with E-state index < -0.39 is 0 Å². The standard InChI is InChI=1S/C14H30N4O/c1-4-17-9-11-18(12-10-17)8-6-5-7-14(2,3)13(15)16-19/h19H,4-12H2,1-3H3,(H2,15,16). The first-order chi connectivity index (χ1) is 8.99. The second kappa shape index (κ2) is 7.70. The van der Waals surface area contributed by atoms with E-state index in [9.17, 15) is 0 Å². The maximum atomic E-state index is 8.73. The van der Waals surface area contributed by atoms with Crippen molar-refractivity contribution >= 4 is 5.84 Å². The molecule has 0 spiro atoms. The lowest BCUT2D eigenvalue weighted by atomic mass is 9.86. The lowest BCUT2D eigenvalue weighted by Gasteiger charge is -2.34. The highest BCUT2D eigenvalue weighted by atomic mass is 16.4. The van der Waals surface area contributed by atoms with Crippen LogP contribution in [0.3, 0.4) is 0 Å². The Morgan fingerprint density at radius 1 is 1.16 bits per heavy atom. The van der Waals surface area contributed by atoms with Crippen molar-refractivity contribution in [2.45, 2.75) is 40.0 Å². The summed E-state index contributed by atoms with van der Waals surface area (Å²) in [6.07, 6.45) is 3.28. The van der Waals surface area contributed by atoms with Gasteiger partial charge in [-0.25, -0.2) is 0 Å². The van der Waals surface area contributed by atoms with Crippen LogP contribution in [0.15, 0.2) is 5.16 Å². The third-order valence-corrected chi connectivity index (χ3v) is 4.24. The van der Waals surface area contributed by atoms with Crippen molar-refractivity contribution in [3.8, 4) is 0 Å². The van der Waals surface area contributed by atoms with Gasteiger partial charge in [0.05, 0.1) is 0 Å². The Labute approximate surface area is 117 Å². The van der Waals surface area contributed by atoms with Gasteiger partial charge < -0.3 is 20.7 Å². The molecule has 0 amide bonds. The molecule has 3 N–H and O–H groups in total. The first-order valence-corrected chi connectivity index (χ1v) is 7.42. The molecule has 19 heavy (non-hydrogen) atoms. The number of oxime groups is 1. The van der Waals surface area contributed by atoms with E-state index in [1.165, 1.54) is 45.7 Å². The van der Waals surface area contributed by atoms with Crippen LogP contribution < -0.4 is 5.73 Å². The minimum Gasteiger partial charge on any atom is -0.409 e. The number of rotatable bonds is 7. The van der Waals surface area contributed by atoms with Crippen molar-refractivity contribution in [2.24, 2.45) is 16.3 Å². The smallest absolute Gasteiger partial charge is 0.144 e. The number of piperazine rings is 1. The van der Waals surface area contributed by atoms with Crippen LogP contribution >= 0.6 is 0 Å². The highest BCUT2D eigenvalue weighted by molar-refractivity contribution is 5.85. The zero-order chi connectivity index (χ0) is 14.3. The lowest BCUT2D eigenvalue weighted by molar-refractivity contribution is 0.135. The number of amidine groups is 1. The second-order valence-electron chi connectivity index (χ2n) is 6.10. The Morgan fingerprint density at radius 2 is 1.74 bits per heavy atom. The molecule has 112 valence electrons. The molecule has 0 bridgehead atoms. The number of nitrogens with two attached hydrogens (primary N) is 1. The Bertz CT molecular complexity index is 283. The highest BCUT2D eigenvalue weighted by Crippen LogP contribution is 2.23. The summed E-state index contributed by atoms with van der Waals surface area (Å²) < 4.78 is 0. The lowest BCUT2D eigenvalue weighted by Crippen LogP contribution is -2.46. The average Bonchev–Trinajstić information content (AvgIpc) is 2.43. The molecule has 5 nitrogen and oxygen atoms in total. The van der Waals surface area contributed by atoms with Crippen molar-refractivity contribution in [1.82, 2.24) is 9.80 Å². The van der Waals surface area contributed by atoms with Gasteiger partial charge >= 0.3 is 0 Å². The van der Waals surface area contributed by atoms with Crippen LogP contribution in [0.5, 0.6) is 0 Å². The molecular weight excluding hydrogens is 240 g/mol. The molecule has 0 aliphatic carbocycles. The molecule has 1 aliphatic rings. The van der Waals surface area contributed by atoms with Crippen LogP contribution in [0, 0.1) is 5.41 Å². The minimum atomic E-state index is -0.199. The molecule has 5 heteroatoms. The third kappa shape index (κ3) is 5.37. The molecule has 0 radical (unpaired) electrons. The zero-order valence-electron chi connectivity index (χ0n) is 12.7. The van der Waals surface area contributed by atoms with E-state index in [1.807, 2.05) is 13.8 Å². The van der Waals surface area contributed by atoms with Gasteiger partial charge in [0.15, 0.2) is 0 Å². The third-order valence-electron chi connectivity index (χ3n) is 4.24. The fourth-order valence-electron chi connectivity index (χ4n) is 2.49. The number of hydrogen-bond acceptors (Lipinski definition) is 4. The Morgan fingerprint density at radius 3 is 2.26 bits per heavy atom. The van der Waals surface area contributed by atoms with Gasteiger partial charge in [0.2, 0.25) is 0 Å². The Balaban J connectivity index is 2.15. The van der Waals surface area contributed by atoms with Gasteiger partial charge in [-0.3, -0.25) is 0 Å². The van der Waals surface area contributed by atoms with Crippen LogP contribution in [0.25, 0.3) is 0 Å². The summed E-state index contributed by atoms with van der Waals surface area (Å²) in [6.45, 7) is 13.4. The predicted molar refractivity (Wildman–Crippen MR) is 79.6 cm³/mol. The van der Waals surface area contributed by atoms with Crippen LogP contribution in [0.4, 0.5) is 0 Å². The predicted octanol–water partition coefficient (Wildman–Crippen LogP) is 1.57. The molecule has 1 heterocycles. The minimum absolute atomic E-state index is 0.199. The van der Waals surface area contributed by atoms with E-state index in [0.29, 0.717) is 5.84 Å². The molecule has 0 unspecified atom stereocenters. The van der Waals surface area contributed by atoms with Gasteiger partial charge in [0, 0.05) is 31.6 Å². The average molecular weight is 270 g/mol. The number of unbranched alkanes of at least 4 members (excludes halogenated alkanes) is 1. The van der Waals surface area contributed by atoms with Gasteiger partial charge in [-0.05, 0) is 25.9 Å². The first kappa shape index (κ1) is 16.2. The normalized spacial score (nSPS) is 19.8. The number of nitrogens with zero attached hydrogens (tertiary/aromatic N) is 3. The van der Waals surface area contributed by atoms with E-state index >= 15 is 0 Å². The summed E-state index contributed by atoms with van der Waals surface area (Å²) in [7, 11) is 0. The molecule has 1 rings (SSSR count). The molecular formula is C14H30N4O. The van der Waals surface area contributed by atoms with Gasteiger partial charge in [-0.15, -0.1) is 0 Å². The van der Waals surface area contributed by atoms with Crippen molar-refractivity contribution < 1.29 is 5.21 Å². The summed E-state index contributed by atoms with van der Waals surface area (Å²) >= 11 is 0. The largest absolute Gasteiger partial charge is 0.409 e. The molecule has 0 aromatic heterocycles. The van der Waals surface area contributed by atoms with E-state index in [0.717, 1.165) is 12.8 Å². The first-order valence-electron chi connectivity index (χ1n) is 7.42. The van der Waals surface area contributed by atoms with Crippen molar-refractivity contribution in [3.63, 3.8) is 0 Å². The van der Waals surface area contributed by atoms with Crippen LogP contribution in [-0.2, 0) is 0 Å². The van der Waals surface area contributed by atoms with Gasteiger partial charge in [0.25, 0.3) is 0 Å². The van der Waals surface area contributed by atoms with Crippen LogP contribution in [0.2, 0.25) is 0 Å². The molecule has 0 aromatic rings. The summed E-state index contributed by atoms with van der Waals surface area (Å²) in [5.74, 6) is 0.337. The van der Waals surface area contributed by atoms with E-state index in [2.05, 4.69) is 21.9 Å². The Kier molecular flexibility index (Phi) is 6.58. The highest BCUT2D eigenvalue weighted by Gasteiger charge is 2.23.